The predicted molar refractivity (Wildman–Crippen MR) is 101 cm³/mol. The normalized spacial score (nSPS) is 10.5. The summed E-state index contributed by atoms with van der Waals surface area (Å²) in [5, 5.41) is 6.50. The first-order chi connectivity index (χ1) is 12.1. The molecule has 128 valence electrons. The average Bonchev–Trinajstić information content (AvgIpc) is 2.61. The molecule has 0 unspecified atom stereocenters. The molecule has 0 radical (unpaired) electrons. The first-order valence-corrected chi connectivity index (χ1v) is 8.66. The van der Waals surface area contributed by atoms with Gasteiger partial charge in [0.05, 0.1) is 15.2 Å². The van der Waals surface area contributed by atoms with E-state index in [1.54, 1.807) is 18.5 Å². The molecule has 0 saturated carbocycles. The van der Waals surface area contributed by atoms with E-state index in [0.29, 0.717) is 24.0 Å². The topological polar surface area (TPSA) is 62.7 Å². The van der Waals surface area contributed by atoms with Gasteiger partial charge in [-0.25, -0.2) is 9.37 Å². The van der Waals surface area contributed by atoms with Crippen LogP contribution in [-0.4, -0.2) is 21.5 Å². The molecule has 3 rings (SSSR count). The summed E-state index contributed by atoms with van der Waals surface area (Å²) in [5.41, 5.74) is 1.67. The smallest absolute Gasteiger partial charge is 0.229 e. The zero-order chi connectivity index (χ0) is 17.6. The number of anilines is 3. The predicted octanol–water partition coefficient (Wildman–Crippen LogP) is 4.82. The Morgan fingerprint density at radius 2 is 2.08 bits per heavy atom. The summed E-state index contributed by atoms with van der Waals surface area (Å²) in [6.07, 6.45) is 6.03. The zero-order valence-corrected chi connectivity index (χ0v) is 15.4. The molecule has 8 heteroatoms. The summed E-state index contributed by atoms with van der Waals surface area (Å²) in [6.45, 7) is 0.693. The Morgan fingerprint density at radius 3 is 2.84 bits per heavy atom. The monoisotopic (exact) mass is 421 g/mol. The fraction of sp³-hybridized carbons (Fsp3) is 0.118. The number of hydrogen-bond acceptors (Lipinski definition) is 5. The Morgan fingerprint density at radius 1 is 1.20 bits per heavy atom. The van der Waals surface area contributed by atoms with Crippen molar-refractivity contribution in [1.82, 2.24) is 15.0 Å². The van der Waals surface area contributed by atoms with E-state index >= 15 is 0 Å². The molecular weight excluding hydrogens is 409 g/mol. The molecule has 0 bridgehead atoms. The van der Waals surface area contributed by atoms with Gasteiger partial charge in [-0.1, -0.05) is 17.7 Å². The summed E-state index contributed by atoms with van der Waals surface area (Å²) in [4.78, 5) is 12.7. The van der Waals surface area contributed by atoms with Crippen molar-refractivity contribution in [3.8, 4) is 0 Å². The van der Waals surface area contributed by atoms with E-state index in [1.807, 2.05) is 18.3 Å². The first-order valence-electron chi connectivity index (χ1n) is 7.49. The van der Waals surface area contributed by atoms with Gasteiger partial charge in [0.1, 0.15) is 11.6 Å². The molecule has 5 nitrogen and oxygen atoms in total. The van der Waals surface area contributed by atoms with Gasteiger partial charge in [0.2, 0.25) is 5.95 Å². The second-order valence-corrected chi connectivity index (χ2v) is 6.44. The highest BCUT2D eigenvalue weighted by molar-refractivity contribution is 9.10. The lowest BCUT2D eigenvalue weighted by Gasteiger charge is -2.11. The highest BCUT2D eigenvalue weighted by Gasteiger charge is 2.08. The second-order valence-electron chi connectivity index (χ2n) is 5.18. The third-order valence-electron chi connectivity index (χ3n) is 3.35. The van der Waals surface area contributed by atoms with E-state index in [9.17, 15) is 4.39 Å². The Hall–Kier alpha value is -2.25. The van der Waals surface area contributed by atoms with E-state index in [2.05, 4.69) is 41.5 Å². The van der Waals surface area contributed by atoms with Gasteiger partial charge >= 0.3 is 0 Å². The van der Waals surface area contributed by atoms with Gasteiger partial charge in [0, 0.05) is 25.1 Å². The lowest BCUT2D eigenvalue weighted by atomic mass is 10.2. The molecule has 1 aromatic carbocycles. The van der Waals surface area contributed by atoms with E-state index in [1.165, 1.54) is 12.1 Å². The average molecular weight is 423 g/mol. The molecule has 3 aromatic rings. The minimum Gasteiger partial charge on any atom is -0.369 e. The van der Waals surface area contributed by atoms with Crippen LogP contribution in [0.15, 0.2) is 53.4 Å². The highest BCUT2D eigenvalue weighted by Crippen LogP contribution is 2.26. The molecule has 2 N–H and O–H groups in total. The molecule has 25 heavy (non-hydrogen) atoms. The Kier molecular flexibility index (Phi) is 5.78. The number of pyridine rings is 1. The molecule has 0 spiro atoms. The van der Waals surface area contributed by atoms with Crippen LogP contribution >= 0.6 is 27.5 Å². The third-order valence-corrected chi connectivity index (χ3v) is 4.24. The molecule has 0 aliphatic heterocycles. The fourth-order valence-electron chi connectivity index (χ4n) is 2.13. The SMILES string of the molecule is Fc1ccc(Nc2ncc(Br)c(NCCc3cccnc3)n2)c(Cl)c1. The summed E-state index contributed by atoms with van der Waals surface area (Å²) >= 11 is 9.44. The van der Waals surface area contributed by atoms with E-state index in [4.69, 9.17) is 11.6 Å². The molecule has 0 atom stereocenters. The van der Waals surface area contributed by atoms with Crippen molar-refractivity contribution >= 4 is 45.0 Å². The minimum atomic E-state index is -0.398. The van der Waals surface area contributed by atoms with Crippen LogP contribution in [0.2, 0.25) is 5.02 Å². The number of hydrogen-bond donors (Lipinski definition) is 2. The van der Waals surface area contributed by atoms with Crippen molar-refractivity contribution in [2.24, 2.45) is 0 Å². The Balaban J connectivity index is 1.67. The van der Waals surface area contributed by atoms with Gasteiger partial charge in [0.25, 0.3) is 0 Å². The van der Waals surface area contributed by atoms with E-state index < -0.39 is 5.82 Å². The van der Waals surface area contributed by atoms with E-state index in [0.717, 1.165) is 16.5 Å². The molecule has 0 fully saturated rings. The van der Waals surface area contributed by atoms with Gasteiger partial charge in [0.15, 0.2) is 0 Å². The number of benzene rings is 1. The summed E-state index contributed by atoms with van der Waals surface area (Å²) in [7, 11) is 0. The number of halogens is 3. The van der Waals surface area contributed by atoms with Crippen LogP contribution in [-0.2, 0) is 6.42 Å². The number of nitrogens with zero attached hydrogens (tertiary/aromatic N) is 3. The molecular formula is C17H14BrClFN5. The van der Waals surface area contributed by atoms with Crippen LogP contribution in [0.5, 0.6) is 0 Å². The maximum absolute atomic E-state index is 13.1. The zero-order valence-electron chi connectivity index (χ0n) is 13.0. The summed E-state index contributed by atoms with van der Waals surface area (Å²) in [6, 6.07) is 8.02. The molecule has 2 heterocycles. The molecule has 0 aliphatic rings. The lowest BCUT2D eigenvalue weighted by molar-refractivity contribution is 0.628. The summed E-state index contributed by atoms with van der Waals surface area (Å²) in [5.74, 6) is 0.616. The van der Waals surface area contributed by atoms with Crippen molar-refractivity contribution < 1.29 is 4.39 Å². The highest BCUT2D eigenvalue weighted by atomic mass is 79.9. The van der Waals surface area contributed by atoms with Crippen LogP contribution < -0.4 is 10.6 Å². The molecule has 0 amide bonds. The van der Waals surface area contributed by atoms with Gasteiger partial charge in [-0.3, -0.25) is 4.98 Å². The fourth-order valence-corrected chi connectivity index (χ4v) is 2.68. The van der Waals surface area contributed by atoms with Gasteiger partial charge < -0.3 is 10.6 Å². The van der Waals surface area contributed by atoms with Crippen LogP contribution in [0.3, 0.4) is 0 Å². The van der Waals surface area contributed by atoms with Crippen molar-refractivity contribution in [2.75, 3.05) is 17.2 Å². The van der Waals surface area contributed by atoms with Crippen LogP contribution in [0, 0.1) is 5.82 Å². The van der Waals surface area contributed by atoms with Gasteiger partial charge in [-0.2, -0.15) is 4.98 Å². The van der Waals surface area contributed by atoms with Crippen molar-refractivity contribution in [3.63, 3.8) is 0 Å². The molecule has 0 saturated heterocycles. The number of aromatic nitrogens is 3. The lowest BCUT2D eigenvalue weighted by Crippen LogP contribution is -2.09. The first kappa shape index (κ1) is 17.6. The Labute approximate surface area is 157 Å². The van der Waals surface area contributed by atoms with Crippen molar-refractivity contribution in [3.05, 3.63) is 69.8 Å². The van der Waals surface area contributed by atoms with Crippen LogP contribution in [0.25, 0.3) is 0 Å². The van der Waals surface area contributed by atoms with Gasteiger partial charge in [-0.05, 0) is 52.2 Å². The maximum Gasteiger partial charge on any atom is 0.229 e. The van der Waals surface area contributed by atoms with Crippen LogP contribution in [0.4, 0.5) is 21.8 Å². The minimum absolute atomic E-state index is 0.262. The molecule has 0 aliphatic carbocycles. The van der Waals surface area contributed by atoms with Gasteiger partial charge in [-0.15, -0.1) is 0 Å². The Bertz CT molecular complexity index is 863. The second kappa shape index (κ2) is 8.22. The van der Waals surface area contributed by atoms with Crippen molar-refractivity contribution in [1.29, 1.82) is 0 Å². The van der Waals surface area contributed by atoms with E-state index in [-0.39, 0.29) is 5.02 Å². The number of nitrogens with one attached hydrogen (secondary N) is 2. The third kappa shape index (κ3) is 4.87. The largest absolute Gasteiger partial charge is 0.369 e. The standard InChI is InChI=1S/C17H14BrClFN5/c18-13-10-23-17(24-15-4-3-12(20)8-14(15)19)25-16(13)22-7-5-11-2-1-6-21-9-11/h1-4,6,8-10H,5,7H2,(H2,22,23,24,25). The molecule has 2 aromatic heterocycles. The van der Waals surface area contributed by atoms with Crippen molar-refractivity contribution in [2.45, 2.75) is 6.42 Å². The summed E-state index contributed by atoms with van der Waals surface area (Å²) < 4.78 is 13.9. The van der Waals surface area contributed by atoms with Crippen LogP contribution in [0.1, 0.15) is 5.56 Å². The number of rotatable bonds is 6. The maximum atomic E-state index is 13.1. The quantitative estimate of drug-likeness (QED) is 0.596.